The van der Waals surface area contributed by atoms with E-state index >= 15 is 0 Å². The number of nitrogens with zero attached hydrogens (tertiary/aromatic N) is 1. The number of hydrogen-bond acceptors (Lipinski definition) is 3. The maximum Gasteiger partial charge on any atom is 0.573 e. The quantitative estimate of drug-likeness (QED) is 0.821. The van der Waals surface area contributed by atoms with Crippen LogP contribution in [-0.2, 0) is 0 Å². The first kappa shape index (κ1) is 17.9. The van der Waals surface area contributed by atoms with E-state index in [9.17, 15) is 18.0 Å². The van der Waals surface area contributed by atoms with Crippen molar-refractivity contribution in [3.63, 3.8) is 0 Å². The molecule has 3 N–H and O–H groups in total. The third-order valence-electron chi connectivity index (χ3n) is 4.15. The molecule has 0 radical (unpaired) electrons. The van der Waals surface area contributed by atoms with E-state index in [0.717, 1.165) is 0 Å². The number of alkyl halides is 3. The Kier molecular flexibility index (Phi) is 4.66. The second-order valence-corrected chi connectivity index (χ2v) is 5.82. The molecule has 136 valence electrons. The summed E-state index contributed by atoms with van der Waals surface area (Å²) < 4.78 is 43.1. The van der Waals surface area contributed by atoms with E-state index in [4.69, 9.17) is 12.2 Å². The number of amides is 1. The van der Waals surface area contributed by atoms with Crippen LogP contribution in [0.25, 0.3) is 11.1 Å². The van der Waals surface area contributed by atoms with Gasteiger partial charge >= 0.3 is 6.36 Å². The normalized spacial score (nSPS) is 16.6. The fraction of sp³-hybridized carbons (Fsp3) is 0.278. The number of fused-ring (bicyclic) bond motifs is 1. The van der Waals surface area contributed by atoms with Gasteiger partial charge in [0, 0.05) is 12.1 Å². The lowest BCUT2D eigenvalue weighted by atomic mass is 10.1. The van der Waals surface area contributed by atoms with Crippen LogP contribution in [0.4, 0.5) is 13.2 Å². The minimum absolute atomic E-state index is 0.109. The Balaban J connectivity index is 2.10. The van der Waals surface area contributed by atoms with Gasteiger partial charge in [0.2, 0.25) is 0 Å². The van der Waals surface area contributed by atoms with Crippen molar-refractivity contribution in [3.05, 3.63) is 41.7 Å². The van der Waals surface area contributed by atoms with Crippen LogP contribution in [0.2, 0.25) is 0 Å². The third kappa shape index (κ3) is 3.39. The standard InChI is InChI=1S/C18H16F3N3O2/c1-2-15-14(11-4-3-5-13(8-11)26-18(19,20)21)9-16-17(25)23-10-12(6-7-22)24(15)16/h1,3-5,8-9,12H,6-7,10,22H2,(H,23,25). The predicted octanol–water partition coefficient (Wildman–Crippen LogP) is 2.67. The highest BCUT2D eigenvalue weighted by Crippen LogP contribution is 2.34. The largest absolute Gasteiger partial charge is 0.573 e. The van der Waals surface area contributed by atoms with Crippen LogP contribution in [0.3, 0.4) is 0 Å². The second-order valence-electron chi connectivity index (χ2n) is 5.82. The zero-order chi connectivity index (χ0) is 18.9. The lowest BCUT2D eigenvalue weighted by molar-refractivity contribution is -0.274. The second kappa shape index (κ2) is 6.77. The molecule has 3 rings (SSSR count). The van der Waals surface area contributed by atoms with Crippen molar-refractivity contribution in [1.29, 1.82) is 0 Å². The Morgan fingerprint density at radius 2 is 2.15 bits per heavy atom. The summed E-state index contributed by atoms with van der Waals surface area (Å²) in [6.45, 7) is 0.801. The number of benzene rings is 1. The monoisotopic (exact) mass is 363 g/mol. The smallest absolute Gasteiger partial charge is 0.406 e. The molecule has 1 atom stereocenters. The van der Waals surface area contributed by atoms with Gasteiger partial charge in [0.05, 0.1) is 6.04 Å². The van der Waals surface area contributed by atoms with Gasteiger partial charge in [-0.1, -0.05) is 18.1 Å². The first-order chi connectivity index (χ1) is 12.3. The van der Waals surface area contributed by atoms with Gasteiger partial charge in [0.1, 0.15) is 17.1 Å². The molecule has 8 heteroatoms. The number of halogens is 3. The van der Waals surface area contributed by atoms with Crippen LogP contribution < -0.4 is 15.8 Å². The first-order valence-corrected chi connectivity index (χ1v) is 7.90. The van der Waals surface area contributed by atoms with Crippen molar-refractivity contribution in [2.24, 2.45) is 5.73 Å². The zero-order valence-electron chi connectivity index (χ0n) is 13.6. The maximum absolute atomic E-state index is 12.5. The van der Waals surface area contributed by atoms with Crippen LogP contribution in [0.5, 0.6) is 5.75 Å². The number of terminal acetylenes is 1. The molecule has 0 spiro atoms. The molecule has 0 fully saturated rings. The fourth-order valence-electron chi connectivity index (χ4n) is 3.12. The van der Waals surface area contributed by atoms with Gasteiger partial charge in [-0.15, -0.1) is 19.6 Å². The van der Waals surface area contributed by atoms with Gasteiger partial charge in [-0.05, 0) is 36.7 Å². The lowest BCUT2D eigenvalue weighted by Gasteiger charge is -2.27. The molecule has 0 saturated heterocycles. The number of rotatable bonds is 4. The van der Waals surface area contributed by atoms with Crippen LogP contribution in [0, 0.1) is 12.3 Å². The average Bonchev–Trinajstić information content (AvgIpc) is 2.97. The highest BCUT2D eigenvalue weighted by molar-refractivity contribution is 5.96. The molecule has 26 heavy (non-hydrogen) atoms. The number of carbonyl (C=O) groups is 1. The van der Waals surface area contributed by atoms with Gasteiger partial charge in [-0.3, -0.25) is 4.79 Å². The third-order valence-corrected chi connectivity index (χ3v) is 4.15. The molecule has 5 nitrogen and oxygen atoms in total. The molecular formula is C18H16F3N3O2. The van der Waals surface area contributed by atoms with Crippen LogP contribution in [0.1, 0.15) is 28.6 Å². The van der Waals surface area contributed by atoms with Gasteiger partial charge in [0.15, 0.2) is 0 Å². The van der Waals surface area contributed by atoms with Crippen molar-refractivity contribution >= 4 is 5.91 Å². The van der Waals surface area contributed by atoms with Gasteiger partial charge in [-0.25, -0.2) is 0 Å². The first-order valence-electron chi connectivity index (χ1n) is 7.90. The predicted molar refractivity (Wildman–Crippen MR) is 89.5 cm³/mol. The van der Waals surface area contributed by atoms with E-state index in [1.807, 2.05) is 0 Å². The van der Waals surface area contributed by atoms with E-state index in [-0.39, 0.29) is 17.7 Å². The van der Waals surface area contributed by atoms with E-state index in [2.05, 4.69) is 16.0 Å². The molecule has 2 aromatic rings. The highest BCUT2D eigenvalue weighted by atomic mass is 19.4. The number of carbonyl (C=O) groups excluding carboxylic acids is 1. The Bertz CT molecular complexity index is 881. The van der Waals surface area contributed by atoms with Crippen molar-refractivity contribution in [3.8, 4) is 29.2 Å². The summed E-state index contributed by atoms with van der Waals surface area (Å²) in [5.74, 6) is 1.91. The van der Waals surface area contributed by atoms with Crippen molar-refractivity contribution in [1.82, 2.24) is 9.88 Å². The zero-order valence-corrected chi connectivity index (χ0v) is 13.6. The van der Waals surface area contributed by atoms with Gasteiger partial charge < -0.3 is 20.4 Å². The van der Waals surface area contributed by atoms with Gasteiger partial charge in [-0.2, -0.15) is 0 Å². The Hall–Kier alpha value is -2.92. The number of aromatic nitrogens is 1. The molecule has 1 unspecified atom stereocenters. The van der Waals surface area contributed by atoms with E-state index in [1.54, 1.807) is 16.7 Å². The molecule has 0 bridgehead atoms. The summed E-state index contributed by atoms with van der Waals surface area (Å²) in [4.78, 5) is 12.2. The molecule has 0 saturated carbocycles. The Morgan fingerprint density at radius 3 is 2.81 bits per heavy atom. The topological polar surface area (TPSA) is 69.3 Å². The average molecular weight is 363 g/mol. The SMILES string of the molecule is C#Cc1c(-c2cccc(OC(F)(F)F)c2)cc2n1C(CCN)CNC2=O. The molecule has 1 amide bonds. The van der Waals surface area contributed by atoms with E-state index in [1.165, 1.54) is 18.2 Å². The van der Waals surface area contributed by atoms with E-state index < -0.39 is 6.36 Å². The summed E-state index contributed by atoms with van der Waals surface area (Å²) in [6, 6.07) is 6.96. The minimum Gasteiger partial charge on any atom is -0.406 e. The molecule has 2 heterocycles. The molecule has 1 aromatic heterocycles. The van der Waals surface area contributed by atoms with Crippen LogP contribution in [0.15, 0.2) is 30.3 Å². The number of nitrogens with one attached hydrogen (secondary N) is 1. The highest BCUT2D eigenvalue weighted by Gasteiger charge is 2.32. The van der Waals surface area contributed by atoms with Crippen molar-refractivity contribution in [2.75, 3.05) is 13.1 Å². The van der Waals surface area contributed by atoms with Crippen LogP contribution in [-0.4, -0.2) is 29.9 Å². The number of hydrogen-bond donors (Lipinski definition) is 2. The number of ether oxygens (including phenoxy) is 1. The molecular weight excluding hydrogens is 347 g/mol. The van der Waals surface area contributed by atoms with E-state index in [0.29, 0.717) is 42.0 Å². The van der Waals surface area contributed by atoms with Crippen molar-refractivity contribution < 1.29 is 22.7 Å². The summed E-state index contributed by atoms with van der Waals surface area (Å²) in [5.41, 5.74) is 7.35. The molecule has 1 aliphatic rings. The molecule has 1 aliphatic heterocycles. The summed E-state index contributed by atoms with van der Waals surface area (Å²) >= 11 is 0. The number of nitrogens with two attached hydrogens (primary N) is 1. The van der Waals surface area contributed by atoms with Gasteiger partial charge in [0.25, 0.3) is 5.91 Å². The Morgan fingerprint density at radius 1 is 1.38 bits per heavy atom. The summed E-state index contributed by atoms with van der Waals surface area (Å²) in [6.07, 6.45) is 1.47. The molecule has 0 aliphatic carbocycles. The fourth-order valence-corrected chi connectivity index (χ4v) is 3.12. The summed E-state index contributed by atoms with van der Waals surface area (Å²) in [5, 5.41) is 2.77. The lowest BCUT2D eigenvalue weighted by Crippen LogP contribution is -2.39. The minimum atomic E-state index is -4.79. The summed E-state index contributed by atoms with van der Waals surface area (Å²) in [7, 11) is 0. The van der Waals surface area contributed by atoms with Crippen molar-refractivity contribution in [2.45, 2.75) is 18.8 Å². The van der Waals surface area contributed by atoms with Crippen LogP contribution >= 0.6 is 0 Å². The Labute approximate surface area is 147 Å². The maximum atomic E-state index is 12.5. The molecule has 1 aromatic carbocycles.